The fourth-order valence-corrected chi connectivity index (χ4v) is 2.89. The normalized spacial score (nSPS) is 10.4. The van der Waals surface area contributed by atoms with Crippen LogP contribution in [0.2, 0.25) is 0 Å². The minimum absolute atomic E-state index is 0.00392. The summed E-state index contributed by atoms with van der Waals surface area (Å²) in [6.07, 6.45) is 1.83. The Labute approximate surface area is 169 Å². The van der Waals surface area contributed by atoms with E-state index in [-0.39, 0.29) is 11.7 Å². The van der Waals surface area contributed by atoms with Crippen molar-refractivity contribution in [2.24, 2.45) is 11.5 Å². The first-order valence-corrected chi connectivity index (χ1v) is 9.11. The van der Waals surface area contributed by atoms with Crippen LogP contribution in [0.1, 0.15) is 27.9 Å². The fourth-order valence-electron chi connectivity index (χ4n) is 2.89. The van der Waals surface area contributed by atoms with Crippen molar-refractivity contribution in [3.63, 3.8) is 0 Å². The summed E-state index contributed by atoms with van der Waals surface area (Å²) in [6, 6.07) is 14.5. The molecule has 1 aromatic heterocycles. The van der Waals surface area contributed by atoms with Crippen LogP contribution >= 0.6 is 0 Å². The molecule has 0 saturated heterocycles. The lowest BCUT2D eigenvalue weighted by Crippen LogP contribution is -2.11. The van der Waals surface area contributed by atoms with Crippen molar-refractivity contribution < 1.29 is 4.74 Å². The van der Waals surface area contributed by atoms with E-state index in [2.05, 4.69) is 10.3 Å². The van der Waals surface area contributed by atoms with Gasteiger partial charge in [-0.05, 0) is 55.8 Å². The molecule has 0 aliphatic heterocycles. The number of rotatable bonds is 7. The molecule has 0 radical (unpaired) electrons. The second-order valence-electron chi connectivity index (χ2n) is 6.71. The van der Waals surface area contributed by atoms with Crippen LogP contribution in [0.4, 0.5) is 5.69 Å². The van der Waals surface area contributed by atoms with Crippen molar-refractivity contribution in [1.29, 1.82) is 10.8 Å². The van der Waals surface area contributed by atoms with Gasteiger partial charge < -0.3 is 21.5 Å². The average molecular weight is 388 g/mol. The van der Waals surface area contributed by atoms with E-state index in [1.165, 1.54) is 0 Å². The molecule has 7 heteroatoms. The predicted molar refractivity (Wildman–Crippen MR) is 116 cm³/mol. The van der Waals surface area contributed by atoms with Gasteiger partial charge in [0.05, 0.1) is 5.69 Å². The summed E-state index contributed by atoms with van der Waals surface area (Å²) < 4.78 is 6.09. The van der Waals surface area contributed by atoms with Crippen molar-refractivity contribution in [3.05, 3.63) is 82.7 Å². The van der Waals surface area contributed by atoms with Crippen LogP contribution in [-0.4, -0.2) is 16.7 Å². The summed E-state index contributed by atoms with van der Waals surface area (Å²) in [7, 11) is 0. The minimum atomic E-state index is -0.00392. The van der Waals surface area contributed by atoms with E-state index in [1.54, 1.807) is 18.2 Å². The fraction of sp³-hybridized carbons (Fsp3) is 0.136. The number of aromatic nitrogens is 1. The van der Waals surface area contributed by atoms with Gasteiger partial charge in [0, 0.05) is 35.1 Å². The van der Waals surface area contributed by atoms with Crippen molar-refractivity contribution in [2.45, 2.75) is 20.4 Å². The Bertz CT molecular complexity index is 1060. The maximum Gasteiger partial charge on any atom is 0.151 e. The molecule has 148 valence electrons. The molecule has 0 fully saturated rings. The quantitative estimate of drug-likeness (QED) is 0.311. The Balaban J connectivity index is 1.79. The molecular weight excluding hydrogens is 364 g/mol. The highest BCUT2D eigenvalue weighted by Crippen LogP contribution is 2.30. The monoisotopic (exact) mass is 388 g/mol. The first-order chi connectivity index (χ1) is 13.8. The maximum absolute atomic E-state index is 7.59. The van der Waals surface area contributed by atoms with Gasteiger partial charge in [-0.2, -0.15) is 0 Å². The number of nitrogen functional groups attached to an aromatic ring is 2. The number of hydrogen-bond donors (Lipinski definition) is 5. The van der Waals surface area contributed by atoms with Gasteiger partial charge in [-0.3, -0.25) is 15.8 Å². The lowest BCUT2D eigenvalue weighted by atomic mass is 10.1. The van der Waals surface area contributed by atoms with Crippen LogP contribution in [0.5, 0.6) is 11.5 Å². The summed E-state index contributed by atoms with van der Waals surface area (Å²) in [5.41, 5.74) is 16.0. The Kier molecular flexibility index (Phi) is 5.78. The van der Waals surface area contributed by atoms with Crippen molar-refractivity contribution in [2.75, 3.05) is 5.32 Å². The van der Waals surface area contributed by atoms with E-state index >= 15 is 0 Å². The van der Waals surface area contributed by atoms with Crippen molar-refractivity contribution in [1.82, 2.24) is 4.98 Å². The smallest absolute Gasteiger partial charge is 0.151 e. The highest BCUT2D eigenvalue weighted by atomic mass is 16.5. The summed E-state index contributed by atoms with van der Waals surface area (Å²) in [4.78, 5) is 4.47. The third-order valence-electron chi connectivity index (χ3n) is 4.61. The number of nitrogens with one attached hydrogen (secondary N) is 3. The standard InChI is InChI=1S/C22H24N6O/c1-13-17(12-28-18-8-6-15(7-9-18)21(23)24)11-27-14(2)20(13)29-19-5-3-4-16(10-19)22(25)26/h3-11,28H,12H2,1-2H3,(H3,23,24)(H3,25,26). The van der Waals surface area contributed by atoms with Crippen LogP contribution in [0, 0.1) is 24.7 Å². The molecule has 0 unspecified atom stereocenters. The van der Waals surface area contributed by atoms with E-state index in [9.17, 15) is 0 Å². The molecule has 29 heavy (non-hydrogen) atoms. The Hall–Kier alpha value is -3.87. The molecule has 0 saturated carbocycles. The van der Waals surface area contributed by atoms with Gasteiger partial charge in [-0.1, -0.05) is 12.1 Å². The molecule has 3 rings (SSSR count). The molecular formula is C22H24N6O. The molecule has 7 nitrogen and oxygen atoms in total. The third-order valence-corrected chi connectivity index (χ3v) is 4.61. The Morgan fingerprint density at radius 1 is 1.00 bits per heavy atom. The molecule has 2 aromatic carbocycles. The summed E-state index contributed by atoms with van der Waals surface area (Å²) in [5, 5.41) is 18.4. The van der Waals surface area contributed by atoms with E-state index in [0.717, 1.165) is 22.5 Å². The Morgan fingerprint density at radius 3 is 2.34 bits per heavy atom. The number of ether oxygens (including phenoxy) is 1. The number of hydrogen-bond acceptors (Lipinski definition) is 5. The number of anilines is 1. The van der Waals surface area contributed by atoms with Gasteiger partial charge in [0.25, 0.3) is 0 Å². The second kappa shape index (κ2) is 8.43. The summed E-state index contributed by atoms with van der Waals surface area (Å²) in [6.45, 7) is 4.46. The molecule has 0 bridgehead atoms. The number of pyridine rings is 1. The summed E-state index contributed by atoms with van der Waals surface area (Å²) >= 11 is 0. The number of amidine groups is 2. The zero-order chi connectivity index (χ0) is 21.0. The van der Waals surface area contributed by atoms with Gasteiger partial charge in [0.2, 0.25) is 0 Å². The predicted octanol–water partition coefficient (Wildman–Crippen LogP) is 3.67. The molecule has 0 atom stereocenters. The van der Waals surface area contributed by atoms with Gasteiger partial charge in [0.1, 0.15) is 17.4 Å². The zero-order valence-corrected chi connectivity index (χ0v) is 16.4. The molecule has 0 aliphatic rings. The maximum atomic E-state index is 7.59. The molecule has 0 spiro atoms. The van der Waals surface area contributed by atoms with E-state index in [0.29, 0.717) is 29.2 Å². The summed E-state index contributed by atoms with van der Waals surface area (Å²) in [5.74, 6) is 1.34. The first-order valence-electron chi connectivity index (χ1n) is 9.11. The Morgan fingerprint density at radius 2 is 1.69 bits per heavy atom. The number of nitrogens with two attached hydrogens (primary N) is 2. The number of benzene rings is 2. The van der Waals surface area contributed by atoms with E-state index in [4.69, 9.17) is 27.0 Å². The average Bonchev–Trinajstić information content (AvgIpc) is 2.71. The first kappa shape index (κ1) is 19.9. The van der Waals surface area contributed by atoms with Gasteiger partial charge >= 0.3 is 0 Å². The number of aryl methyl sites for hydroxylation is 1. The molecule has 7 N–H and O–H groups in total. The SMILES string of the molecule is Cc1ncc(CNc2ccc(C(=N)N)cc2)c(C)c1Oc1cccc(C(=N)N)c1. The second-order valence-corrected chi connectivity index (χ2v) is 6.71. The molecule has 3 aromatic rings. The largest absolute Gasteiger partial charge is 0.455 e. The zero-order valence-electron chi connectivity index (χ0n) is 16.4. The van der Waals surface area contributed by atoms with Crippen LogP contribution in [0.25, 0.3) is 0 Å². The molecule has 1 heterocycles. The minimum Gasteiger partial charge on any atom is -0.455 e. The van der Waals surface area contributed by atoms with Crippen molar-refractivity contribution >= 4 is 17.4 Å². The third kappa shape index (κ3) is 4.70. The van der Waals surface area contributed by atoms with Crippen molar-refractivity contribution in [3.8, 4) is 11.5 Å². The van der Waals surface area contributed by atoms with Crippen LogP contribution in [0.15, 0.2) is 54.7 Å². The van der Waals surface area contributed by atoms with E-state index in [1.807, 2.05) is 50.4 Å². The lowest BCUT2D eigenvalue weighted by Gasteiger charge is -2.16. The van der Waals surface area contributed by atoms with Crippen LogP contribution in [0.3, 0.4) is 0 Å². The molecule has 0 aliphatic carbocycles. The lowest BCUT2D eigenvalue weighted by molar-refractivity contribution is 0.470. The van der Waals surface area contributed by atoms with Gasteiger partial charge in [-0.25, -0.2) is 0 Å². The number of nitrogens with zero attached hydrogens (tertiary/aromatic N) is 1. The van der Waals surface area contributed by atoms with Crippen LogP contribution in [-0.2, 0) is 6.54 Å². The molecule has 0 amide bonds. The highest BCUT2D eigenvalue weighted by Gasteiger charge is 2.12. The van der Waals surface area contributed by atoms with Gasteiger partial charge in [0.15, 0.2) is 5.75 Å². The topological polar surface area (TPSA) is 134 Å². The van der Waals surface area contributed by atoms with E-state index < -0.39 is 0 Å². The highest BCUT2D eigenvalue weighted by molar-refractivity contribution is 5.95. The van der Waals surface area contributed by atoms with Gasteiger partial charge in [-0.15, -0.1) is 0 Å². The van der Waals surface area contributed by atoms with Crippen LogP contribution < -0.4 is 21.5 Å².